The van der Waals surface area contributed by atoms with Gasteiger partial charge in [0.05, 0.1) is 5.92 Å². The van der Waals surface area contributed by atoms with E-state index >= 15 is 0 Å². The highest BCUT2D eigenvalue weighted by atomic mass is 32.2. The maximum Gasteiger partial charge on any atom is 0.315 e. The molecule has 1 N–H and O–H groups in total. The summed E-state index contributed by atoms with van der Waals surface area (Å²) in [5.41, 5.74) is 2.23. The molecule has 1 aliphatic rings. The van der Waals surface area contributed by atoms with Crippen LogP contribution in [0.4, 0.5) is 0 Å². The number of hydrogen-bond acceptors (Lipinski definition) is 4. The average molecular weight is 318 g/mol. The Morgan fingerprint density at radius 2 is 2.32 bits per heavy atom. The van der Waals surface area contributed by atoms with E-state index in [-0.39, 0.29) is 11.9 Å². The number of nitrogens with one attached hydrogen (secondary N) is 1. The Morgan fingerprint density at radius 3 is 3.05 bits per heavy atom. The number of thioether (sulfide) groups is 1. The Balaban J connectivity index is 1.84. The molecule has 0 spiro atoms. The number of fused-ring (bicyclic) bond motifs is 1. The lowest BCUT2D eigenvalue weighted by Crippen LogP contribution is -2.20. The summed E-state index contributed by atoms with van der Waals surface area (Å²) in [6.45, 7) is 0.967. The molecule has 1 atom stereocenters. The number of H-pyrrole nitrogens is 1. The number of carbonyl (C=O) groups excluding carboxylic acids is 1. The van der Waals surface area contributed by atoms with Crippen molar-refractivity contribution in [2.75, 3.05) is 32.1 Å². The first kappa shape index (κ1) is 15.4. The SMILES string of the molecule is CN(C)CCc1c[nH]c2cccc(OC(=O)C3CCSC3)c12. The lowest BCUT2D eigenvalue weighted by Gasteiger charge is -2.12. The molecule has 2 aromatic rings. The topological polar surface area (TPSA) is 45.3 Å². The number of aromatic amines is 1. The zero-order valence-electron chi connectivity index (χ0n) is 13.1. The molecule has 118 valence electrons. The second kappa shape index (κ2) is 6.75. The molecule has 1 fully saturated rings. The van der Waals surface area contributed by atoms with Crippen molar-refractivity contribution in [2.24, 2.45) is 5.92 Å². The van der Waals surface area contributed by atoms with Crippen molar-refractivity contribution in [3.8, 4) is 5.75 Å². The van der Waals surface area contributed by atoms with Crippen molar-refractivity contribution in [1.29, 1.82) is 0 Å². The molecule has 0 saturated carbocycles. The Hall–Kier alpha value is -1.46. The molecule has 3 rings (SSSR count). The predicted octanol–water partition coefficient (Wildman–Crippen LogP) is 2.93. The number of hydrogen-bond donors (Lipinski definition) is 1. The lowest BCUT2D eigenvalue weighted by molar-refractivity contribution is -0.137. The van der Waals surface area contributed by atoms with E-state index in [1.54, 1.807) is 0 Å². The van der Waals surface area contributed by atoms with Gasteiger partial charge in [-0.05, 0) is 50.4 Å². The van der Waals surface area contributed by atoms with Crippen LogP contribution in [0, 0.1) is 5.92 Å². The predicted molar refractivity (Wildman–Crippen MR) is 91.6 cm³/mol. The molecular formula is C17H22N2O2S. The van der Waals surface area contributed by atoms with Crippen LogP contribution in [0.3, 0.4) is 0 Å². The van der Waals surface area contributed by atoms with Crippen molar-refractivity contribution in [3.05, 3.63) is 30.0 Å². The zero-order chi connectivity index (χ0) is 15.5. The van der Waals surface area contributed by atoms with Crippen molar-refractivity contribution in [1.82, 2.24) is 9.88 Å². The summed E-state index contributed by atoms with van der Waals surface area (Å²) >= 11 is 1.83. The lowest BCUT2D eigenvalue weighted by atomic mass is 10.1. The van der Waals surface area contributed by atoms with Crippen molar-refractivity contribution >= 4 is 28.6 Å². The van der Waals surface area contributed by atoms with Crippen molar-refractivity contribution < 1.29 is 9.53 Å². The van der Waals surface area contributed by atoms with Gasteiger partial charge in [-0.3, -0.25) is 4.79 Å². The van der Waals surface area contributed by atoms with E-state index in [1.165, 1.54) is 5.56 Å². The van der Waals surface area contributed by atoms with Crippen LogP contribution < -0.4 is 4.74 Å². The normalized spacial score (nSPS) is 18.2. The second-order valence-electron chi connectivity index (χ2n) is 6.03. The molecule has 0 radical (unpaired) electrons. The number of benzene rings is 1. The third-order valence-corrected chi connectivity index (χ3v) is 5.21. The fourth-order valence-corrected chi connectivity index (χ4v) is 3.96. The third kappa shape index (κ3) is 3.31. The minimum absolute atomic E-state index is 0.0458. The smallest absolute Gasteiger partial charge is 0.315 e. The van der Waals surface area contributed by atoms with Gasteiger partial charge >= 0.3 is 5.97 Å². The number of ether oxygens (including phenoxy) is 1. The van der Waals surface area contributed by atoms with Crippen LogP contribution in [-0.2, 0) is 11.2 Å². The summed E-state index contributed by atoms with van der Waals surface area (Å²) in [4.78, 5) is 17.7. The first-order valence-electron chi connectivity index (χ1n) is 7.68. The van der Waals surface area contributed by atoms with E-state index < -0.39 is 0 Å². The van der Waals surface area contributed by atoms with Crippen LogP contribution >= 0.6 is 11.8 Å². The number of rotatable bonds is 5. The van der Waals surface area contributed by atoms with Gasteiger partial charge in [0.1, 0.15) is 5.75 Å². The number of esters is 1. The second-order valence-corrected chi connectivity index (χ2v) is 7.18. The van der Waals surface area contributed by atoms with Gasteiger partial charge in [0.25, 0.3) is 0 Å². The largest absolute Gasteiger partial charge is 0.426 e. The zero-order valence-corrected chi connectivity index (χ0v) is 13.9. The molecule has 1 saturated heterocycles. The fourth-order valence-electron chi connectivity index (χ4n) is 2.76. The quantitative estimate of drug-likeness (QED) is 0.680. The first-order chi connectivity index (χ1) is 10.6. The van der Waals surface area contributed by atoms with E-state index in [0.29, 0.717) is 5.75 Å². The Kier molecular flexibility index (Phi) is 4.74. The highest BCUT2D eigenvalue weighted by Crippen LogP contribution is 2.31. The van der Waals surface area contributed by atoms with Gasteiger partial charge in [0, 0.05) is 29.4 Å². The number of nitrogens with zero attached hydrogens (tertiary/aromatic N) is 1. The number of carbonyl (C=O) groups is 1. The van der Waals surface area contributed by atoms with Gasteiger partial charge < -0.3 is 14.6 Å². The molecule has 0 amide bonds. The summed E-state index contributed by atoms with van der Waals surface area (Å²) in [6.07, 6.45) is 3.89. The Bertz CT molecular complexity index is 660. The van der Waals surface area contributed by atoms with E-state index in [2.05, 4.69) is 24.0 Å². The molecule has 1 aliphatic heterocycles. The number of likely N-dealkylation sites (N-methyl/N-ethyl adjacent to an activating group) is 1. The average Bonchev–Trinajstić information content (AvgIpc) is 3.15. The summed E-state index contributed by atoms with van der Waals surface area (Å²) in [6, 6.07) is 5.85. The standard InChI is InChI=1S/C17H22N2O2S/c1-19(2)8-6-12-10-18-14-4-3-5-15(16(12)14)21-17(20)13-7-9-22-11-13/h3-5,10,13,18H,6-9,11H2,1-2H3. The number of aromatic nitrogens is 1. The minimum Gasteiger partial charge on any atom is -0.426 e. The van der Waals surface area contributed by atoms with Gasteiger partial charge in [-0.15, -0.1) is 0 Å². The van der Waals surface area contributed by atoms with Gasteiger partial charge in [0.15, 0.2) is 0 Å². The van der Waals surface area contributed by atoms with E-state index in [9.17, 15) is 4.79 Å². The third-order valence-electron chi connectivity index (χ3n) is 4.05. The molecule has 1 unspecified atom stereocenters. The molecular weight excluding hydrogens is 296 g/mol. The summed E-state index contributed by atoms with van der Waals surface area (Å²) in [5.74, 6) is 2.59. The van der Waals surface area contributed by atoms with E-state index in [4.69, 9.17) is 4.74 Å². The molecule has 2 heterocycles. The van der Waals surface area contributed by atoms with Crippen molar-refractivity contribution in [2.45, 2.75) is 12.8 Å². The molecule has 5 heteroatoms. The highest BCUT2D eigenvalue weighted by Gasteiger charge is 2.25. The summed E-state index contributed by atoms with van der Waals surface area (Å²) in [5, 5.41) is 1.04. The van der Waals surface area contributed by atoms with Crippen LogP contribution in [0.2, 0.25) is 0 Å². The molecule has 22 heavy (non-hydrogen) atoms. The van der Waals surface area contributed by atoms with Gasteiger partial charge in [-0.1, -0.05) is 6.07 Å². The Morgan fingerprint density at radius 1 is 1.45 bits per heavy atom. The van der Waals surface area contributed by atoms with E-state index in [0.717, 1.165) is 41.8 Å². The van der Waals surface area contributed by atoms with Crippen LogP contribution in [-0.4, -0.2) is 48.0 Å². The Labute approximate surface area is 135 Å². The van der Waals surface area contributed by atoms with E-state index in [1.807, 2.05) is 36.2 Å². The highest BCUT2D eigenvalue weighted by molar-refractivity contribution is 7.99. The molecule has 1 aromatic carbocycles. The van der Waals surface area contributed by atoms with Crippen molar-refractivity contribution in [3.63, 3.8) is 0 Å². The summed E-state index contributed by atoms with van der Waals surface area (Å²) in [7, 11) is 4.13. The molecule has 0 bridgehead atoms. The molecule has 1 aromatic heterocycles. The molecule has 4 nitrogen and oxygen atoms in total. The van der Waals surface area contributed by atoms with Crippen LogP contribution in [0.1, 0.15) is 12.0 Å². The van der Waals surface area contributed by atoms with Gasteiger partial charge in [-0.25, -0.2) is 0 Å². The van der Waals surface area contributed by atoms with Gasteiger partial charge in [0.2, 0.25) is 0 Å². The van der Waals surface area contributed by atoms with Crippen LogP contribution in [0.25, 0.3) is 10.9 Å². The summed E-state index contributed by atoms with van der Waals surface area (Å²) < 4.78 is 5.73. The minimum atomic E-state index is -0.0859. The fraction of sp³-hybridized carbons (Fsp3) is 0.471. The monoisotopic (exact) mass is 318 g/mol. The van der Waals surface area contributed by atoms with Crippen LogP contribution in [0.5, 0.6) is 5.75 Å². The van der Waals surface area contributed by atoms with Gasteiger partial charge in [-0.2, -0.15) is 11.8 Å². The van der Waals surface area contributed by atoms with Crippen LogP contribution in [0.15, 0.2) is 24.4 Å². The maximum atomic E-state index is 12.3. The molecule has 0 aliphatic carbocycles. The first-order valence-corrected chi connectivity index (χ1v) is 8.84. The maximum absolute atomic E-state index is 12.3.